The lowest BCUT2D eigenvalue weighted by atomic mass is 10.1. The van der Waals surface area contributed by atoms with Crippen LogP contribution in [0, 0.1) is 13.8 Å². The number of amides is 1. The van der Waals surface area contributed by atoms with Crippen molar-refractivity contribution in [1.82, 2.24) is 0 Å². The highest BCUT2D eigenvalue weighted by Gasteiger charge is 2.07. The molecule has 0 fully saturated rings. The standard InChI is InChI=1S/C13H19NO2/c1-9(2)16-8-12(15)14-13-10(3)6-5-7-11(13)4/h5-7,9H,8H2,1-4H3,(H,14,15). The third-order valence-electron chi connectivity index (χ3n) is 2.29. The van der Waals surface area contributed by atoms with Gasteiger partial charge in [0, 0.05) is 5.69 Å². The summed E-state index contributed by atoms with van der Waals surface area (Å²) in [7, 11) is 0. The van der Waals surface area contributed by atoms with Crippen LogP contribution in [0.1, 0.15) is 25.0 Å². The maximum absolute atomic E-state index is 11.6. The van der Waals surface area contributed by atoms with Gasteiger partial charge in [-0.1, -0.05) is 18.2 Å². The number of nitrogens with one attached hydrogen (secondary N) is 1. The van der Waals surface area contributed by atoms with E-state index in [1.165, 1.54) is 0 Å². The predicted molar refractivity (Wildman–Crippen MR) is 65.6 cm³/mol. The molecule has 0 aliphatic rings. The first-order valence-corrected chi connectivity index (χ1v) is 5.48. The molecule has 1 rings (SSSR count). The Morgan fingerprint density at radius 2 is 1.88 bits per heavy atom. The van der Waals surface area contributed by atoms with Crippen molar-refractivity contribution < 1.29 is 9.53 Å². The first kappa shape index (κ1) is 12.7. The van der Waals surface area contributed by atoms with Crippen molar-refractivity contribution in [1.29, 1.82) is 0 Å². The fourth-order valence-electron chi connectivity index (χ4n) is 1.43. The zero-order valence-corrected chi connectivity index (χ0v) is 10.3. The number of aryl methyl sites for hydroxylation is 2. The van der Waals surface area contributed by atoms with Crippen LogP contribution in [0.25, 0.3) is 0 Å². The molecule has 1 aromatic rings. The summed E-state index contributed by atoms with van der Waals surface area (Å²) >= 11 is 0. The normalized spacial score (nSPS) is 10.6. The highest BCUT2D eigenvalue weighted by Crippen LogP contribution is 2.19. The summed E-state index contributed by atoms with van der Waals surface area (Å²) in [5, 5.41) is 2.87. The number of carbonyl (C=O) groups is 1. The number of rotatable bonds is 4. The number of carbonyl (C=O) groups excluding carboxylic acids is 1. The number of para-hydroxylation sites is 1. The van der Waals surface area contributed by atoms with Crippen LogP contribution in [0.3, 0.4) is 0 Å². The van der Waals surface area contributed by atoms with Crippen LogP contribution in [-0.2, 0) is 9.53 Å². The molecular formula is C13H19NO2. The fourth-order valence-corrected chi connectivity index (χ4v) is 1.43. The SMILES string of the molecule is Cc1cccc(C)c1NC(=O)COC(C)C. The fraction of sp³-hybridized carbons (Fsp3) is 0.462. The Kier molecular flexibility index (Phi) is 4.50. The molecule has 1 aromatic carbocycles. The van der Waals surface area contributed by atoms with Gasteiger partial charge < -0.3 is 10.1 Å². The van der Waals surface area contributed by atoms with Gasteiger partial charge in [-0.05, 0) is 38.8 Å². The molecule has 88 valence electrons. The van der Waals surface area contributed by atoms with Gasteiger partial charge in [0.2, 0.25) is 5.91 Å². The van der Waals surface area contributed by atoms with E-state index in [4.69, 9.17) is 4.74 Å². The second kappa shape index (κ2) is 5.66. The van der Waals surface area contributed by atoms with Gasteiger partial charge in [0.25, 0.3) is 0 Å². The topological polar surface area (TPSA) is 38.3 Å². The second-order valence-corrected chi connectivity index (χ2v) is 4.17. The van der Waals surface area contributed by atoms with E-state index in [9.17, 15) is 4.79 Å². The van der Waals surface area contributed by atoms with E-state index in [0.29, 0.717) is 0 Å². The van der Waals surface area contributed by atoms with Crippen molar-refractivity contribution >= 4 is 11.6 Å². The van der Waals surface area contributed by atoms with Crippen LogP contribution in [-0.4, -0.2) is 18.6 Å². The third kappa shape index (κ3) is 3.66. The summed E-state index contributed by atoms with van der Waals surface area (Å²) in [6.45, 7) is 7.88. The van der Waals surface area contributed by atoms with Crippen molar-refractivity contribution in [3.05, 3.63) is 29.3 Å². The van der Waals surface area contributed by atoms with Gasteiger partial charge in [0.15, 0.2) is 0 Å². The molecule has 0 radical (unpaired) electrons. The number of anilines is 1. The summed E-state index contributed by atoms with van der Waals surface area (Å²) in [5.74, 6) is -0.105. The molecule has 0 saturated heterocycles. The Labute approximate surface area is 96.8 Å². The van der Waals surface area contributed by atoms with Crippen LogP contribution in [0.5, 0.6) is 0 Å². The summed E-state index contributed by atoms with van der Waals surface area (Å²) in [6.07, 6.45) is 0.0729. The van der Waals surface area contributed by atoms with E-state index in [-0.39, 0.29) is 18.6 Å². The summed E-state index contributed by atoms with van der Waals surface area (Å²) in [5.41, 5.74) is 3.02. The lowest BCUT2D eigenvalue weighted by Crippen LogP contribution is -2.21. The quantitative estimate of drug-likeness (QED) is 0.848. The molecule has 0 aromatic heterocycles. The Balaban J connectivity index is 2.63. The highest BCUT2D eigenvalue weighted by molar-refractivity contribution is 5.93. The Hall–Kier alpha value is -1.35. The molecule has 0 atom stereocenters. The molecule has 3 heteroatoms. The molecule has 0 aliphatic heterocycles. The van der Waals surface area contributed by atoms with E-state index in [1.807, 2.05) is 45.9 Å². The first-order chi connectivity index (χ1) is 7.50. The van der Waals surface area contributed by atoms with Gasteiger partial charge in [0.1, 0.15) is 6.61 Å². The van der Waals surface area contributed by atoms with Crippen LogP contribution in [0.4, 0.5) is 5.69 Å². The van der Waals surface area contributed by atoms with Crippen molar-refractivity contribution in [2.45, 2.75) is 33.8 Å². The minimum Gasteiger partial charge on any atom is -0.369 e. The largest absolute Gasteiger partial charge is 0.369 e. The summed E-state index contributed by atoms with van der Waals surface area (Å²) in [6, 6.07) is 5.93. The molecule has 1 amide bonds. The molecule has 0 aliphatic carbocycles. The second-order valence-electron chi connectivity index (χ2n) is 4.17. The van der Waals surface area contributed by atoms with E-state index in [2.05, 4.69) is 5.32 Å². The molecule has 0 heterocycles. The Morgan fingerprint density at radius 3 is 2.38 bits per heavy atom. The zero-order valence-electron chi connectivity index (χ0n) is 10.3. The van der Waals surface area contributed by atoms with Crippen molar-refractivity contribution in [3.8, 4) is 0 Å². The zero-order chi connectivity index (χ0) is 12.1. The van der Waals surface area contributed by atoms with Crippen molar-refractivity contribution in [3.63, 3.8) is 0 Å². The third-order valence-corrected chi connectivity index (χ3v) is 2.29. The van der Waals surface area contributed by atoms with E-state index >= 15 is 0 Å². The first-order valence-electron chi connectivity index (χ1n) is 5.48. The van der Waals surface area contributed by atoms with Crippen LogP contribution in [0.15, 0.2) is 18.2 Å². The molecule has 0 unspecified atom stereocenters. The van der Waals surface area contributed by atoms with Gasteiger partial charge in [-0.15, -0.1) is 0 Å². The van der Waals surface area contributed by atoms with Crippen molar-refractivity contribution in [2.24, 2.45) is 0 Å². The maximum atomic E-state index is 11.6. The summed E-state index contributed by atoms with van der Waals surface area (Å²) < 4.78 is 5.24. The maximum Gasteiger partial charge on any atom is 0.250 e. The van der Waals surface area contributed by atoms with E-state index in [0.717, 1.165) is 16.8 Å². The Morgan fingerprint density at radius 1 is 1.31 bits per heavy atom. The lowest BCUT2D eigenvalue weighted by Gasteiger charge is -2.12. The molecule has 1 N–H and O–H groups in total. The molecule has 16 heavy (non-hydrogen) atoms. The molecule has 0 bridgehead atoms. The van der Waals surface area contributed by atoms with Gasteiger partial charge >= 0.3 is 0 Å². The van der Waals surface area contributed by atoms with E-state index < -0.39 is 0 Å². The van der Waals surface area contributed by atoms with Crippen LogP contribution in [0.2, 0.25) is 0 Å². The van der Waals surface area contributed by atoms with Gasteiger partial charge in [-0.2, -0.15) is 0 Å². The van der Waals surface area contributed by atoms with Crippen LogP contribution < -0.4 is 5.32 Å². The molecule has 0 spiro atoms. The summed E-state index contributed by atoms with van der Waals surface area (Å²) in [4.78, 5) is 11.6. The average molecular weight is 221 g/mol. The number of ether oxygens (including phenoxy) is 1. The predicted octanol–water partition coefficient (Wildman–Crippen LogP) is 2.67. The molecule has 3 nitrogen and oxygen atoms in total. The number of hydrogen-bond acceptors (Lipinski definition) is 2. The van der Waals surface area contributed by atoms with Gasteiger partial charge in [0.05, 0.1) is 6.10 Å². The van der Waals surface area contributed by atoms with Gasteiger partial charge in [-0.3, -0.25) is 4.79 Å². The lowest BCUT2D eigenvalue weighted by molar-refractivity contribution is -0.121. The highest BCUT2D eigenvalue weighted by atomic mass is 16.5. The minimum absolute atomic E-state index is 0.0729. The van der Waals surface area contributed by atoms with Gasteiger partial charge in [-0.25, -0.2) is 0 Å². The Bertz CT molecular complexity index is 352. The molecular weight excluding hydrogens is 202 g/mol. The average Bonchev–Trinajstić information content (AvgIpc) is 2.21. The molecule has 0 saturated carbocycles. The van der Waals surface area contributed by atoms with Crippen molar-refractivity contribution in [2.75, 3.05) is 11.9 Å². The van der Waals surface area contributed by atoms with E-state index in [1.54, 1.807) is 0 Å². The number of benzene rings is 1. The van der Waals surface area contributed by atoms with Crippen LogP contribution >= 0.6 is 0 Å². The minimum atomic E-state index is -0.105. The monoisotopic (exact) mass is 221 g/mol. The smallest absolute Gasteiger partial charge is 0.250 e. The number of hydrogen-bond donors (Lipinski definition) is 1.